The maximum atomic E-state index is 11.6. The summed E-state index contributed by atoms with van der Waals surface area (Å²) in [5.74, 6) is 0.777. The van der Waals surface area contributed by atoms with Crippen LogP contribution in [-0.4, -0.2) is 30.6 Å². The second-order valence-corrected chi connectivity index (χ2v) is 7.02. The van der Waals surface area contributed by atoms with E-state index in [1.54, 1.807) is 65.9 Å². The van der Waals surface area contributed by atoms with Gasteiger partial charge in [0.05, 0.1) is 17.4 Å². The molecule has 0 fully saturated rings. The van der Waals surface area contributed by atoms with Crippen molar-refractivity contribution in [2.75, 3.05) is 10.6 Å². The molecule has 0 aliphatic carbocycles. The molecule has 32 heavy (non-hydrogen) atoms. The second kappa shape index (κ2) is 9.27. The molecule has 2 N–H and O–H groups in total. The summed E-state index contributed by atoms with van der Waals surface area (Å²) in [6.07, 6.45) is 7.90. The molecule has 4 aromatic rings. The van der Waals surface area contributed by atoms with Gasteiger partial charge in [0.2, 0.25) is 17.7 Å². The molecule has 0 saturated heterocycles. The Morgan fingerprint density at radius 1 is 1.16 bits per heavy atom. The van der Waals surface area contributed by atoms with E-state index in [0.29, 0.717) is 34.0 Å². The highest BCUT2D eigenvalue weighted by molar-refractivity contribution is 6.29. The Morgan fingerprint density at radius 2 is 2.03 bits per heavy atom. The highest BCUT2D eigenvalue weighted by Crippen LogP contribution is 2.33. The molecule has 10 heteroatoms. The van der Waals surface area contributed by atoms with Gasteiger partial charge in [0.15, 0.2) is 0 Å². The molecule has 160 valence electrons. The lowest BCUT2D eigenvalue weighted by Crippen LogP contribution is -2.07. The SMILES string of the molecule is C=CC(=O)Nc1cccc(Oc2nc(Nc3cnn(C)c3)ncc2-c2ccc(Cl)nc2)c1. The number of carbonyl (C=O) groups is 1. The van der Waals surface area contributed by atoms with Crippen molar-refractivity contribution in [3.63, 3.8) is 0 Å². The van der Waals surface area contributed by atoms with Gasteiger partial charge < -0.3 is 15.4 Å². The fraction of sp³-hybridized carbons (Fsp3) is 0.0455. The van der Waals surface area contributed by atoms with Gasteiger partial charge in [0, 0.05) is 43.0 Å². The predicted octanol–water partition coefficient (Wildman–Crippen LogP) is 4.59. The molecule has 1 aromatic carbocycles. The molecule has 4 rings (SSSR count). The van der Waals surface area contributed by atoms with Crippen LogP contribution in [0.5, 0.6) is 11.6 Å². The van der Waals surface area contributed by atoms with E-state index in [1.165, 1.54) is 6.08 Å². The van der Waals surface area contributed by atoms with Gasteiger partial charge in [-0.15, -0.1) is 0 Å². The van der Waals surface area contributed by atoms with E-state index in [9.17, 15) is 4.79 Å². The molecular weight excluding hydrogens is 430 g/mol. The predicted molar refractivity (Wildman–Crippen MR) is 122 cm³/mol. The van der Waals surface area contributed by atoms with Gasteiger partial charge in [0.25, 0.3) is 0 Å². The molecule has 0 radical (unpaired) electrons. The van der Waals surface area contributed by atoms with Crippen molar-refractivity contribution in [2.24, 2.45) is 7.05 Å². The zero-order valence-electron chi connectivity index (χ0n) is 17.0. The minimum atomic E-state index is -0.319. The van der Waals surface area contributed by atoms with Gasteiger partial charge in [-0.25, -0.2) is 9.97 Å². The van der Waals surface area contributed by atoms with Crippen molar-refractivity contribution in [1.29, 1.82) is 0 Å². The first kappa shape index (κ1) is 21.0. The van der Waals surface area contributed by atoms with Crippen molar-refractivity contribution >= 4 is 34.8 Å². The van der Waals surface area contributed by atoms with Gasteiger partial charge in [0.1, 0.15) is 10.9 Å². The van der Waals surface area contributed by atoms with Gasteiger partial charge in [-0.05, 0) is 30.3 Å². The van der Waals surface area contributed by atoms with Crippen LogP contribution in [0.25, 0.3) is 11.1 Å². The van der Waals surface area contributed by atoms with E-state index in [-0.39, 0.29) is 5.91 Å². The summed E-state index contributed by atoms with van der Waals surface area (Å²) in [5.41, 5.74) is 2.64. The Labute approximate surface area is 188 Å². The third-order valence-electron chi connectivity index (χ3n) is 4.25. The Morgan fingerprint density at radius 3 is 2.75 bits per heavy atom. The van der Waals surface area contributed by atoms with Crippen molar-refractivity contribution in [1.82, 2.24) is 24.7 Å². The number of halogens is 1. The highest BCUT2D eigenvalue weighted by atomic mass is 35.5. The fourth-order valence-corrected chi connectivity index (χ4v) is 2.91. The maximum Gasteiger partial charge on any atom is 0.247 e. The summed E-state index contributed by atoms with van der Waals surface area (Å²) in [6, 6.07) is 10.4. The number of carbonyl (C=O) groups excluding carboxylic acids is 1. The average molecular weight is 448 g/mol. The molecule has 0 aliphatic rings. The van der Waals surface area contributed by atoms with Crippen LogP contribution in [-0.2, 0) is 11.8 Å². The first-order valence-corrected chi connectivity index (χ1v) is 9.84. The molecule has 0 aliphatic heterocycles. The molecule has 0 atom stereocenters. The van der Waals surface area contributed by atoms with Gasteiger partial charge in [-0.1, -0.05) is 24.2 Å². The fourth-order valence-electron chi connectivity index (χ4n) is 2.79. The Hall–Kier alpha value is -4.24. The topological polar surface area (TPSA) is 107 Å². The molecular formula is C22H18ClN7O2. The largest absolute Gasteiger partial charge is 0.438 e. The number of benzene rings is 1. The summed E-state index contributed by atoms with van der Waals surface area (Å²) in [7, 11) is 1.81. The number of anilines is 3. The molecule has 0 saturated carbocycles. The van der Waals surface area contributed by atoms with Crippen LogP contribution >= 0.6 is 11.6 Å². The summed E-state index contributed by atoms with van der Waals surface area (Å²) < 4.78 is 7.75. The third kappa shape index (κ3) is 5.08. The lowest BCUT2D eigenvalue weighted by molar-refractivity contribution is -0.111. The number of hydrogen-bond donors (Lipinski definition) is 2. The van der Waals surface area contributed by atoms with E-state index < -0.39 is 0 Å². The lowest BCUT2D eigenvalue weighted by Gasteiger charge is -2.13. The molecule has 9 nitrogen and oxygen atoms in total. The van der Waals surface area contributed by atoms with E-state index in [2.05, 4.69) is 37.3 Å². The van der Waals surface area contributed by atoms with Crippen molar-refractivity contribution in [2.45, 2.75) is 0 Å². The molecule has 0 unspecified atom stereocenters. The van der Waals surface area contributed by atoms with Gasteiger partial charge >= 0.3 is 0 Å². The molecule has 0 bridgehead atoms. The Bertz CT molecular complexity index is 1270. The number of nitrogens with zero attached hydrogens (tertiary/aromatic N) is 5. The molecule has 0 spiro atoms. The van der Waals surface area contributed by atoms with E-state index in [1.807, 2.05) is 7.05 Å². The van der Waals surface area contributed by atoms with E-state index in [0.717, 1.165) is 11.3 Å². The lowest BCUT2D eigenvalue weighted by atomic mass is 10.1. The Kier molecular flexibility index (Phi) is 6.09. The summed E-state index contributed by atoms with van der Waals surface area (Å²) in [6.45, 7) is 3.46. The average Bonchev–Trinajstić information content (AvgIpc) is 3.19. The molecule has 1 amide bonds. The quantitative estimate of drug-likeness (QED) is 0.315. The normalized spacial score (nSPS) is 10.4. The van der Waals surface area contributed by atoms with Crippen LogP contribution in [0.4, 0.5) is 17.3 Å². The first-order chi connectivity index (χ1) is 15.5. The van der Waals surface area contributed by atoms with Crippen LogP contribution in [0.1, 0.15) is 0 Å². The van der Waals surface area contributed by atoms with Crippen LogP contribution in [0.2, 0.25) is 5.15 Å². The summed E-state index contributed by atoms with van der Waals surface area (Å²) >= 11 is 5.92. The van der Waals surface area contributed by atoms with Gasteiger partial charge in [-0.3, -0.25) is 9.48 Å². The number of pyridine rings is 1. The van der Waals surface area contributed by atoms with Crippen LogP contribution in [0.3, 0.4) is 0 Å². The summed E-state index contributed by atoms with van der Waals surface area (Å²) in [5, 5.41) is 10.3. The van der Waals surface area contributed by atoms with Crippen molar-refractivity contribution < 1.29 is 9.53 Å². The van der Waals surface area contributed by atoms with Crippen LogP contribution < -0.4 is 15.4 Å². The van der Waals surface area contributed by atoms with Crippen LogP contribution in [0, 0.1) is 0 Å². The monoisotopic (exact) mass is 447 g/mol. The maximum absolute atomic E-state index is 11.6. The minimum absolute atomic E-state index is 0.294. The first-order valence-electron chi connectivity index (χ1n) is 9.46. The minimum Gasteiger partial charge on any atom is -0.438 e. The second-order valence-electron chi connectivity index (χ2n) is 6.63. The van der Waals surface area contributed by atoms with E-state index >= 15 is 0 Å². The number of rotatable bonds is 7. The molecule has 3 heterocycles. The standard InChI is InChI=1S/C22H18ClN7O2/c1-3-20(31)27-15-5-4-6-17(9-15)32-21-18(14-7-8-19(23)24-10-14)12-25-22(29-21)28-16-11-26-30(2)13-16/h3-13H,1H2,2H3,(H,27,31)(H,25,28,29). The summed E-state index contributed by atoms with van der Waals surface area (Å²) in [4.78, 5) is 24.7. The third-order valence-corrected chi connectivity index (χ3v) is 4.48. The van der Waals surface area contributed by atoms with E-state index in [4.69, 9.17) is 16.3 Å². The number of aryl methyl sites for hydroxylation is 1. The number of aromatic nitrogens is 5. The van der Waals surface area contributed by atoms with Crippen LogP contribution in [0.15, 0.2) is 73.8 Å². The van der Waals surface area contributed by atoms with Crippen molar-refractivity contribution in [3.05, 3.63) is 79.0 Å². The number of amides is 1. The number of nitrogens with one attached hydrogen (secondary N) is 2. The molecule has 3 aromatic heterocycles. The smallest absolute Gasteiger partial charge is 0.247 e. The number of hydrogen-bond acceptors (Lipinski definition) is 7. The van der Waals surface area contributed by atoms with Crippen molar-refractivity contribution in [3.8, 4) is 22.8 Å². The zero-order valence-corrected chi connectivity index (χ0v) is 17.7. The Balaban J connectivity index is 1.69. The highest BCUT2D eigenvalue weighted by Gasteiger charge is 2.14. The van der Waals surface area contributed by atoms with Gasteiger partial charge in [-0.2, -0.15) is 10.1 Å². The zero-order chi connectivity index (χ0) is 22.5. The number of ether oxygens (including phenoxy) is 1.